The highest BCUT2D eigenvalue weighted by Crippen LogP contribution is 2.38. The molecule has 158 valence electrons. The van der Waals surface area contributed by atoms with Gasteiger partial charge >= 0.3 is 0 Å². The van der Waals surface area contributed by atoms with Crippen LogP contribution < -0.4 is 0 Å². The molecular formula is C26H23N5O. The van der Waals surface area contributed by atoms with Crippen molar-refractivity contribution >= 4 is 11.6 Å². The third-order valence-electron chi connectivity index (χ3n) is 5.68. The molecule has 5 rings (SSSR count). The van der Waals surface area contributed by atoms with E-state index in [4.69, 9.17) is 5.10 Å². The Balaban J connectivity index is 1.62. The van der Waals surface area contributed by atoms with E-state index in [9.17, 15) is 4.79 Å². The van der Waals surface area contributed by atoms with Gasteiger partial charge in [0.05, 0.1) is 23.1 Å². The molecule has 1 aliphatic rings. The average Bonchev–Trinajstić information content (AvgIpc) is 3.46. The molecule has 6 heteroatoms. The molecule has 1 amide bonds. The minimum Gasteiger partial charge on any atom is -0.273 e. The van der Waals surface area contributed by atoms with Gasteiger partial charge < -0.3 is 0 Å². The van der Waals surface area contributed by atoms with E-state index in [0.29, 0.717) is 6.42 Å². The van der Waals surface area contributed by atoms with Gasteiger partial charge in [-0.25, -0.2) is 9.69 Å². The lowest BCUT2D eigenvalue weighted by Gasteiger charge is -2.20. The summed E-state index contributed by atoms with van der Waals surface area (Å²) in [4.78, 5) is 16.8. The molecule has 1 aliphatic heterocycles. The van der Waals surface area contributed by atoms with Gasteiger partial charge in [0.1, 0.15) is 0 Å². The van der Waals surface area contributed by atoms with E-state index < -0.39 is 0 Å². The first kappa shape index (κ1) is 19.9. The number of carbonyl (C=O) groups excluding carboxylic acids is 1. The van der Waals surface area contributed by atoms with Crippen LogP contribution in [0.2, 0.25) is 0 Å². The van der Waals surface area contributed by atoms with Gasteiger partial charge in [-0.3, -0.25) is 9.78 Å². The predicted molar refractivity (Wildman–Crippen MR) is 124 cm³/mol. The van der Waals surface area contributed by atoms with Crippen LogP contribution in [0.3, 0.4) is 0 Å². The van der Waals surface area contributed by atoms with E-state index in [1.54, 1.807) is 24.3 Å². The van der Waals surface area contributed by atoms with Crippen LogP contribution in [0.15, 0.2) is 90.4 Å². The van der Waals surface area contributed by atoms with Crippen LogP contribution in [-0.2, 0) is 4.79 Å². The zero-order valence-corrected chi connectivity index (χ0v) is 18.0. The van der Waals surface area contributed by atoms with Crippen molar-refractivity contribution in [2.75, 3.05) is 0 Å². The standard InChI is InChI=1S/C26H23N5O/c1-18-10-12-20(13-11-18)26-23(17-30(29-26)22-8-4-3-5-9-22)25-15-24(28-31(25)19(2)32)21-7-6-14-27-16-21/h3-14,16-17,25H,15H2,1-2H3. The Hall–Kier alpha value is -4.06. The van der Waals surface area contributed by atoms with Crippen LogP contribution in [0.25, 0.3) is 16.9 Å². The predicted octanol–water partition coefficient (Wildman–Crippen LogP) is 4.94. The van der Waals surface area contributed by atoms with Crippen molar-refractivity contribution in [1.29, 1.82) is 0 Å². The molecule has 2 aromatic heterocycles. The molecular weight excluding hydrogens is 398 g/mol. The van der Waals surface area contributed by atoms with Crippen LogP contribution in [0.1, 0.15) is 36.1 Å². The number of amides is 1. The number of hydrazone groups is 1. The third-order valence-corrected chi connectivity index (χ3v) is 5.68. The quantitative estimate of drug-likeness (QED) is 0.469. The summed E-state index contributed by atoms with van der Waals surface area (Å²) in [7, 11) is 0. The number of aromatic nitrogens is 3. The van der Waals surface area contributed by atoms with Gasteiger partial charge in [-0.15, -0.1) is 0 Å². The van der Waals surface area contributed by atoms with Gasteiger partial charge in [-0.1, -0.05) is 54.1 Å². The molecule has 1 unspecified atom stereocenters. The minimum absolute atomic E-state index is 0.101. The van der Waals surface area contributed by atoms with Crippen molar-refractivity contribution in [1.82, 2.24) is 19.8 Å². The molecule has 0 saturated heterocycles. The summed E-state index contributed by atoms with van der Waals surface area (Å²) in [6.07, 6.45) is 6.14. The van der Waals surface area contributed by atoms with Crippen LogP contribution in [0, 0.1) is 6.92 Å². The number of benzene rings is 2. The topological polar surface area (TPSA) is 63.4 Å². The Morgan fingerprint density at radius 2 is 1.75 bits per heavy atom. The molecule has 0 radical (unpaired) electrons. The summed E-state index contributed by atoms with van der Waals surface area (Å²) in [5.74, 6) is -0.101. The summed E-state index contributed by atoms with van der Waals surface area (Å²) in [6.45, 7) is 3.62. The summed E-state index contributed by atoms with van der Waals surface area (Å²) in [5.41, 5.74) is 6.76. The minimum atomic E-state index is -0.239. The number of hydrogen-bond donors (Lipinski definition) is 0. The van der Waals surface area contributed by atoms with Crippen molar-refractivity contribution in [2.45, 2.75) is 26.3 Å². The van der Waals surface area contributed by atoms with E-state index in [-0.39, 0.29) is 11.9 Å². The lowest BCUT2D eigenvalue weighted by Crippen LogP contribution is -2.24. The largest absolute Gasteiger partial charge is 0.273 e. The number of rotatable bonds is 4. The first-order valence-corrected chi connectivity index (χ1v) is 10.6. The monoisotopic (exact) mass is 421 g/mol. The summed E-state index contributed by atoms with van der Waals surface area (Å²) >= 11 is 0. The maximum atomic E-state index is 12.6. The van der Waals surface area contributed by atoms with E-state index in [0.717, 1.165) is 33.8 Å². The van der Waals surface area contributed by atoms with Gasteiger partial charge in [0.15, 0.2) is 0 Å². The van der Waals surface area contributed by atoms with E-state index in [1.165, 1.54) is 5.56 Å². The molecule has 6 nitrogen and oxygen atoms in total. The molecule has 0 bridgehead atoms. The number of para-hydroxylation sites is 1. The molecule has 2 aromatic carbocycles. The summed E-state index contributed by atoms with van der Waals surface area (Å²) in [5, 5.41) is 11.2. The molecule has 0 fully saturated rings. The molecule has 32 heavy (non-hydrogen) atoms. The molecule has 0 aliphatic carbocycles. The van der Waals surface area contributed by atoms with Crippen LogP contribution in [0.5, 0.6) is 0 Å². The third kappa shape index (κ3) is 3.71. The second-order valence-electron chi connectivity index (χ2n) is 7.95. The van der Waals surface area contributed by atoms with Gasteiger partial charge in [0, 0.05) is 48.6 Å². The summed E-state index contributed by atoms with van der Waals surface area (Å²) < 4.78 is 1.88. The molecule has 3 heterocycles. The lowest BCUT2D eigenvalue weighted by molar-refractivity contribution is -0.130. The van der Waals surface area contributed by atoms with E-state index in [2.05, 4.69) is 41.3 Å². The number of pyridine rings is 1. The van der Waals surface area contributed by atoms with Gasteiger partial charge in [-0.2, -0.15) is 10.2 Å². The fourth-order valence-electron chi connectivity index (χ4n) is 4.03. The van der Waals surface area contributed by atoms with Crippen molar-refractivity contribution in [3.63, 3.8) is 0 Å². The van der Waals surface area contributed by atoms with E-state index >= 15 is 0 Å². The maximum Gasteiger partial charge on any atom is 0.240 e. The molecule has 1 atom stereocenters. The van der Waals surface area contributed by atoms with Crippen LogP contribution in [-0.4, -0.2) is 31.4 Å². The zero-order valence-electron chi connectivity index (χ0n) is 18.0. The molecule has 4 aromatic rings. The lowest BCUT2D eigenvalue weighted by atomic mass is 9.96. The summed E-state index contributed by atoms with van der Waals surface area (Å²) in [6, 6.07) is 21.9. The van der Waals surface area contributed by atoms with Crippen molar-refractivity contribution in [3.8, 4) is 16.9 Å². The van der Waals surface area contributed by atoms with Gasteiger partial charge in [-0.05, 0) is 25.1 Å². The maximum absolute atomic E-state index is 12.6. The molecule has 0 saturated carbocycles. The first-order valence-electron chi connectivity index (χ1n) is 10.6. The fourth-order valence-corrected chi connectivity index (χ4v) is 4.03. The SMILES string of the molecule is CC(=O)N1N=C(c2cccnc2)CC1c1cn(-c2ccccc2)nc1-c1ccc(C)cc1. The normalized spacial score (nSPS) is 15.6. The van der Waals surface area contributed by atoms with Gasteiger partial charge in [0.2, 0.25) is 5.91 Å². The number of aryl methyl sites for hydroxylation is 1. The number of nitrogens with zero attached hydrogens (tertiary/aromatic N) is 5. The highest BCUT2D eigenvalue weighted by molar-refractivity contribution is 6.03. The van der Waals surface area contributed by atoms with Crippen LogP contribution >= 0.6 is 0 Å². The fraction of sp³-hybridized carbons (Fsp3) is 0.154. The van der Waals surface area contributed by atoms with Crippen LogP contribution in [0.4, 0.5) is 0 Å². The first-order chi connectivity index (χ1) is 15.6. The molecule has 0 N–H and O–H groups in total. The molecule has 0 spiro atoms. The van der Waals surface area contributed by atoms with Crippen molar-refractivity contribution in [2.24, 2.45) is 5.10 Å². The Morgan fingerprint density at radius 3 is 2.44 bits per heavy atom. The Labute approximate surface area is 186 Å². The average molecular weight is 422 g/mol. The van der Waals surface area contributed by atoms with E-state index in [1.807, 2.05) is 53.3 Å². The second kappa shape index (κ2) is 8.23. The Kier molecular flexibility index (Phi) is 5.11. The highest BCUT2D eigenvalue weighted by Gasteiger charge is 2.34. The second-order valence-corrected chi connectivity index (χ2v) is 7.95. The number of hydrogen-bond acceptors (Lipinski definition) is 4. The Bertz CT molecular complexity index is 1280. The smallest absolute Gasteiger partial charge is 0.240 e. The number of carbonyl (C=O) groups is 1. The van der Waals surface area contributed by atoms with Gasteiger partial charge in [0.25, 0.3) is 0 Å². The van der Waals surface area contributed by atoms with Crippen molar-refractivity contribution in [3.05, 3.63) is 102 Å². The van der Waals surface area contributed by atoms with Crippen molar-refractivity contribution < 1.29 is 4.79 Å². The Morgan fingerprint density at radius 1 is 0.969 bits per heavy atom. The zero-order chi connectivity index (χ0) is 22.1. The highest BCUT2D eigenvalue weighted by atomic mass is 16.2.